The van der Waals surface area contributed by atoms with Gasteiger partial charge < -0.3 is 10.2 Å². The summed E-state index contributed by atoms with van der Waals surface area (Å²) < 4.78 is 4.05. The first kappa shape index (κ1) is 22.3. The van der Waals surface area contributed by atoms with Gasteiger partial charge in [0, 0.05) is 30.4 Å². The number of nitrogens with zero attached hydrogens (tertiary/aromatic N) is 4. The smallest absolute Gasteiger partial charge is 0.0769 e. The second kappa shape index (κ2) is 9.78. The Bertz CT molecular complexity index is 641. The minimum Gasteiger partial charge on any atom is -0.317 e. The summed E-state index contributed by atoms with van der Waals surface area (Å²) in [6, 6.07) is 4.40. The quantitative estimate of drug-likeness (QED) is 0.830. The van der Waals surface area contributed by atoms with Crippen molar-refractivity contribution in [2.45, 2.75) is 38.6 Å². The number of hydrogen-bond acceptors (Lipinski definition) is 6. The maximum Gasteiger partial charge on any atom is 0.0769 e. The summed E-state index contributed by atoms with van der Waals surface area (Å²) in [4.78, 5) is 8.42. The maximum absolute atomic E-state index is 4.77. The Hall–Kier alpha value is -0.790. The molecule has 1 aliphatic heterocycles. The van der Waals surface area contributed by atoms with Gasteiger partial charge in [-0.15, -0.1) is 29.9 Å². The summed E-state index contributed by atoms with van der Waals surface area (Å²) in [5.74, 6) is 0. The van der Waals surface area contributed by atoms with Crippen LogP contribution in [0.2, 0.25) is 0 Å². The molecule has 3 rings (SSSR count). The molecule has 0 bridgehead atoms. The number of hydrogen-bond donors (Lipinski definition) is 1. The third-order valence-electron chi connectivity index (χ3n) is 4.75. The van der Waals surface area contributed by atoms with Gasteiger partial charge in [0.25, 0.3) is 0 Å². The van der Waals surface area contributed by atoms with E-state index in [-0.39, 0.29) is 30.2 Å². The van der Waals surface area contributed by atoms with Gasteiger partial charge >= 0.3 is 0 Å². The predicted molar refractivity (Wildman–Crippen MR) is 108 cm³/mol. The zero-order valence-electron chi connectivity index (χ0n) is 15.0. The van der Waals surface area contributed by atoms with Gasteiger partial charge in [-0.05, 0) is 70.0 Å². The second-order valence-electron chi connectivity index (χ2n) is 6.70. The van der Waals surface area contributed by atoms with Crippen LogP contribution in [0, 0.1) is 13.8 Å². The normalized spacial score (nSPS) is 16.2. The highest BCUT2D eigenvalue weighted by molar-refractivity contribution is 7.05. The number of rotatable bonds is 5. The number of halogens is 2. The third-order valence-corrected chi connectivity index (χ3v) is 5.56. The fourth-order valence-corrected chi connectivity index (χ4v) is 4.11. The molecule has 5 nitrogen and oxygen atoms in total. The molecule has 2 aromatic heterocycles. The highest BCUT2D eigenvalue weighted by Crippen LogP contribution is 2.33. The van der Waals surface area contributed by atoms with Gasteiger partial charge in [-0.25, -0.2) is 0 Å². The molecule has 8 heteroatoms. The van der Waals surface area contributed by atoms with Crippen LogP contribution in [0.25, 0.3) is 0 Å². The Morgan fingerprint density at radius 2 is 1.92 bits per heavy atom. The van der Waals surface area contributed by atoms with E-state index in [1.807, 2.05) is 13.1 Å². The molecule has 0 atom stereocenters. The van der Waals surface area contributed by atoms with Crippen LogP contribution in [0.15, 0.2) is 18.3 Å². The molecule has 1 fully saturated rings. The van der Waals surface area contributed by atoms with E-state index in [0.29, 0.717) is 0 Å². The van der Waals surface area contributed by atoms with E-state index in [1.54, 1.807) is 0 Å². The first-order valence-corrected chi connectivity index (χ1v) is 8.97. The highest BCUT2D eigenvalue weighted by atomic mass is 35.5. The Balaban J connectivity index is 0.00000156. The summed E-state index contributed by atoms with van der Waals surface area (Å²) in [7, 11) is 2.19. The number of likely N-dealkylation sites (N-methyl/N-ethyl adjacent to an activating group) is 1. The third kappa shape index (κ3) is 5.34. The topological polar surface area (TPSA) is 53.9 Å². The van der Waals surface area contributed by atoms with Crippen LogP contribution < -0.4 is 5.32 Å². The van der Waals surface area contributed by atoms with Crippen LogP contribution in [-0.2, 0) is 12.0 Å². The van der Waals surface area contributed by atoms with Crippen molar-refractivity contribution in [2.75, 3.05) is 26.7 Å². The highest BCUT2D eigenvalue weighted by Gasteiger charge is 2.36. The molecule has 25 heavy (non-hydrogen) atoms. The number of piperidine rings is 1. The van der Waals surface area contributed by atoms with E-state index >= 15 is 0 Å². The lowest BCUT2D eigenvalue weighted by molar-refractivity contribution is 0.192. The number of aryl methyl sites for hydroxylation is 2. The van der Waals surface area contributed by atoms with Crippen molar-refractivity contribution in [3.63, 3.8) is 0 Å². The lowest BCUT2D eigenvalue weighted by atomic mass is 9.75. The van der Waals surface area contributed by atoms with Crippen molar-refractivity contribution in [3.8, 4) is 0 Å². The number of aromatic nitrogens is 3. The molecule has 0 aromatic carbocycles. The summed E-state index contributed by atoms with van der Waals surface area (Å²) in [5, 5.41) is 7.61. The number of pyridine rings is 1. The Kier molecular flexibility index (Phi) is 8.71. The molecule has 1 saturated heterocycles. The van der Waals surface area contributed by atoms with E-state index in [0.717, 1.165) is 44.7 Å². The maximum atomic E-state index is 4.77. The molecule has 140 valence electrons. The monoisotopic (exact) mass is 403 g/mol. The van der Waals surface area contributed by atoms with Gasteiger partial charge in [0.05, 0.1) is 10.6 Å². The average Bonchev–Trinajstić information content (AvgIpc) is 2.93. The summed E-state index contributed by atoms with van der Waals surface area (Å²) in [6.45, 7) is 8.17. The van der Waals surface area contributed by atoms with Crippen LogP contribution in [-0.4, -0.2) is 46.2 Å². The SMILES string of the molecule is Cc1ccc(C2(CN(C)Cc3snnc3C)CCNCC2)nc1.Cl.Cl. The standard InChI is InChI=1S/C17H25N5S.2ClH/c1-13-4-5-16(19-10-13)17(6-8-18-9-7-17)12-22(3)11-15-14(2)20-21-23-15;;/h4-5,10,18H,6-9,11-12H2,1-3H3;2*1H. The lowest BCUT2D eigenvalue weighted by Crippen LogP contribution is -2.47. The molecule has 1 N–H and O–H groups in total. The first-order valence-electron chi connectivity index (χ1n) is 8.19. The van der Waals surface area contributed by atoms with E-state index in [9.17, 15) is 0 Å². The zero-order valence-corrected chi connectivity index (χ0v) is 17.4. The molecule has 0 radical (unpaired) electrons. The van der Waals surface area contributed by atoms with Crippen LogP contribution in [0.5, 0.6) is 0 Å². The van der Waals surface area contributed by atoms with E-state index in [1.165, 1.54) is 27.7 Å². The number of nitrogens with one attached hydrogen (secondary N) is 1. The Morgan fingerprint density at radius 1 is 1.20 bits per heavy atom. The molecule has 1 aliphatic rings. The van der Waals surface area contributed by atoms with Crippen molar-refractivity contribution in [1.82, 2.24) is 24.8 Å². The van der Waals surface area contributed by atoms with E-state index in [2.05, 4.69) is 45.9 Å². The van der Waals surface area contributed by atoms with E-state index < -0.39 is 0 Å². The van der Waals surface area contributed by atoms with Crippen LogP contribution in [0.1, 0.15) is 34.7 Å². The van der Waals surface area contributed by atoms with Gasteiger partial charge in [-0.2, -0.15) is 0 Å². The summed E-state index contributed by atoms with van der Waals surface area (Å²) in [6.07, 6.45) is 4.26. The Labute approximate surface area is 166 Å². The summed E-state index contributed by atoms with van der Waals surface area (Å²) in [5.41, 5.74) is 3.64. The van der Waals surface area contributed by atoms with Crippen molar-refractivity contribution in [1.29, 1.82) is 0 Å². The van der Waals surface area contributed by atoms with Crippen molar-refractivity contribution in [3.05, 3.63) is 40.2 Å². The van der Waals surface area contributed by atoms with Gasteiger partial charge in [0.1, 0.15) is 0 Å². The largest absolute Gasteiger partial charge is 0.317 e. The molecule has 0 aliphatic carbocycles. The predicted octanol–water partition coefficient (Wildman–Crippen LogP) is 3.15. The molecule has 0 amide bonds. The Morgan fingerprint density at radius 3 is 2.48 bits per heavy atom. The second-order valence-corrected chi connectivity index (χ2v) is 7.54. The fraction of sp³-hybridized carbons (Fsp3) is 0.588. The zero-order chi connectivity index (χ0) is 16.3. The molecule has 2 aromatic rings. The van der Waals surface area contributed by atoms with Crippen molar-refractivity contribution < 1.29 is 0 Å². The minimum atomic E-state index is 0. The summed E-state index contributed by atoms with van der Waals surface area (Å²) >= 11 is 1.51. The molecule has 0 unspecified atom stereocenters. The van der Waals surface area contributed by atoms with Crippen molar-refractivity contribution in [2.24, 2.45) is 0 Å². The molecule has 0 saturated carbocycles. The van der Waals surface area contributed by atoms with Gasteiger partial charge in [-0.3, -0.25) is 4.98 Å². The van der Waals surface area contributed by atoms with Crippen LogP contribution >= 0.6 is 36.3 Å². The average molecular weight is 404 g/mol. The molecular weight excluding hydrogens is 377 g/mol. The van der Waals surface area contributed by atoms with Crippen molar-refractivity contribution >= 4 is 36.3 Å². The molecule has 0 spiro atoms. The molecule has 3 heterocycles. The van der Waals surface area contributed by atoms with Crippen LogP contribution in [0.3, 0.4) is 0 Å². The van der Waals surface area contributed by atoms with Crippen LogP contribution in [0.4, 0.5) is 0 Å². The van der Waals surface area contributed by atoms with Gasteiger partial charge in [-0.1, -0.05) is 10.6 Å². The van der Waals surface area contributed by atoms with E-state index in [4.69, 9.17) is 4.98 Å². The first-order chi connectivity index (χ1) is 11.1. The van der Waals surface area contributed by atoms with Gasteiger partial charge in [0.15, 0.2) is 0 Å². The minimum absolute atomic E-state index is 0. The fourth-order valence-electron chi connectivity index (χ4n) is 3.40. The van der Waals surface area contributed by atoms with Gasteiger partial charge in [0.2, 0.25) is 0 Å². The lowest BCUT2D eigenvalue weighted by Gasteiger charge is -2.40. The molecular formula is C17H27Cl2N5S.